The summed E-state index contributed by atoms with van der Waals surface area (Å²) < 4.78 is 86.7. The number of piperidine rings is 1. The maximum Gasteiger partial charge on any atom is 0.393 e. The summed E-state index contributed by atoms with van der Waals surface area (Å²) >= 11 is 0. The maximum atomic E-state index is 13.9. The molecule has 5 rings (SSSR count). The van der Waals surface area contributed by atoms with Crippen molar-refractivity contribution in [1.82, 2.24) is 30.4 Å². The molecule has 9 nitrogen and oxygen atoms in total. The van der Waals surface area contributed by atoms with Gasteiger partial charge < -0.3 is 15.2 Å². The Morgan fingerprint density at radius 3 is 2.70 bits per heavy atom. The summed E-state index contributed by atoms with van der Waals surface area (Å²) in [4.78, 5) is 29.7. The number of carbonyl (C=O) groups is 2. The van der Waals surface area contributed by atoms with Crippen LogP contribution in [0.2, 0.25) is 0 Å². The molecule has 2 amide bonds. The predicted molar refractivity (Wildman–Crippen MR) is 126 cm³/mol. The van der Waals surface area contributed by atoms with Gasteiger partial charge in [-0.05, 0) is 37.3 Å². The average Bonchev–Trinajstić information content (AvgIpc) is 3.55. The molecule has 2 fully saturated rings. The van der Waals surface area contributed by atoms with Crippen molar-refractivity contribution in [3.8, 4) is 0 Å². The van der Waals surface area contributed by atoms with Crippen molar-refractivity contribution in [2.75, 3.05) is 6.54 Å². The first-order chi connectivity index (χ1) is 18.9. The minimum atomic E-state index is -4.43. The standard InChI is InChI=1S/C25H26F6N6O3/c26-9-18-17(12-40-36-18)23(39)34-21(13-3-5-24(27,28)6-4-13)19-11-37-20(33-19)2-1-16(35-37)8-14-7-15(25(29,30)31)10-32-22(14)38/h1-2,11-15,21H,3-10H2,(H,32,38)(H,34,39)/t14?,15-,21+/m1/s1. The number of nitrogens with zero attached hydrogens (tertiary/aromatic N) is 4. The van der Waals surface area contributed by atoms with Crippen molar-refractivity contribution in [1.29, 1.82) is 0 Å². The summed E-state index contributed by atoms with van der Waals surface area (Å²) in [5.74, 6) is -6.97. The zero-order valence-electron chi connectivity index (χ0n) is 21.1. The van der Waals surface area contributed by atoms with E-state index in [0.29, 0.717) is 17.0 Å². The van der Waals surface area contributed by atoms with Crippen LogP contribution in [0, 0.1) is 17.8 Å². The van der Waals surface area contributed by atoms with E-state index in [4.69, 9.17) is 4.52 Å². The molecular weight excluding hydrogens is 546 g/mol. The van der Waals surface area contributed by atoms with Gasteiger partial charge in [0.1, 0.15) is 24.2 Å². The summed E-state index contributed by atoms with van der Waals surface area (Å²) in [5.41, 5.74) is 0.691. The molecule has 0 aromatic carbocycles. The van der Waals surface area contributed by atoms with Gasteiger partial charge in [0.15, 0.2) is 5.65 Å². The first-order valence-electron chi connectivity index (χ1n) is 12.8. The topological polar surface area (TPSA) is 114 Å². The minimum absolute atomic E-state index is 0.0285. The highest BCUT2D eigenvalue weighted by molar-refractivity contribution is 5.95. The van der Waals surface area contributed by atoms with E-state index in [1.54, 1.807) is 12.1 Å². The second-order valence-corrected chi connectivity index (χ2v) is 10.4. The fourth-order valence-electron chi connectivity index (χ4n) is 5.37. The van der Waals surface area contributed by atoms with Crippen LogP contribution in [0.3, 0.4) is 0 Å². The first-order valence-corrected chi connectivity index (χ1v) is 12.8. The molecule has 0 radical (unpaired) electrons. The minimum Gasteiger partial charge on any atom is -0.364 e. The van der Waals surface area contributed by atoms with E-state index < -0.39 is 60.9 Å². The summed E-state index contributed by atoms with van der Waals surface area (Å²) in [6.45, 7) is -1.50. The number of amides is 2. The molecule has 0 spiro atoms. The molecule has 1 aliphatic carbocycles. The van der Waals surface area contributed by atoms with Gasteiger partial charge in [0, 0.05) is 31.7 Å². The Bertz CT molecular complexity index is 1380. The molecule has 1 unspecified atom stereocenters. The summed E-state index contributed by atoms with van der Waals surface area (Å²) in [7, 11) is 0. The Morgan fingerprint density at radius 2 is 2.00 bits per heavy atom. The van der Waals surface area contributed by atoms with Gasteiger partial charge in [-0.1, -0.05) is 5.16 Å². The van der Waals surface area contributed by atoms with Gasteiger partial charge in [0.05, 0.1) is 29.5 Å². The van der Waals surface area contributed by atoms with Crippen LogP contribution in [-0.2, 0) is 17.9 Å². The molecule has 1 aliphatic heterocycles. The number of nitrogens with one attached hydrogen (secondary N) is 2. The van der Waals surface area contributed by atoms with Gasteiger partial charge in [0.25, 0.3) is 5.91 Å². The molecule has 3 aromatic heterocycles. The van der Waals surface area contributed by atoms with Crippen molar-refractivity contribution in [3.63, 3.8) is 0 Å². The monoisotopic (exact) mass is 572 g/mol. The molecular formula is C25H26F6N6O3. The Kier molecular flexibility index (Phi) is 7.48. The highest BCUT2D eigenvalue weighted by Gasteiger charge is 2.45. The number of hydrogen-bond acceptors (Lipinski definition) is 6. The summed E-state index contributed by atoms with van der Waals surface area (Å²) in [6.07, 6.45) is -2.85. The van der Waals surface area contributed by atoms with E-state index in [9.17, 15) is 35.9 Å². The molecule has 4 heterocycles. The van der Waals surface area contributed by atoms with Crippen molar-refractivity contribution in [2.45, 2.75) is 63.3 Å². The first kappa shape index (κ1) is 27.9. The SMILES string of the molecule is O=C(N[C@H](c1cn2nc(CC3C[C@@H](C(F)(F)F)CNC3=O)ccc2n1)C1CCC(F)(F)CC1)c1conc1CF. The smallest absolute Gasteiger partial charge is 0.364 e. The quantitative estimate of drug-likeness (QED) is 0.408. The van der Waals surface area contributed by atoms with Gasteiger partial charge in [-0.2, -0.15) is 18.3 Å². The van der Waals surface area contributed by atoms with Crippen LogP contribution in [0.4, 0.5) is 26.3 Å². The average molecular weight is 573 g/mol. The molecule has 3 aromatic rings. The lowest BCUT2D eigenvalue weighted by Crippen LogP contribution is -2.47. The normalized spacial score (nSPS) is 22.7. The lowest BCUT2D eigenvalue weighted by atomic mass is 9.81. The number of carbonyl (C=O) groups excluding carboxylic acids is 2. The molecule has 0 bridgehead atoms. The van der Waals surface area contributed by atoms with Gasteiger partial charge in [-0.15, -0.1) is 0 Å². The molecule has 40 heavy (non-hydrogen) atoms. The van der Waals surface area contributed by atoms with Gasteiger partial charge in [0.2, 0.25) is 11.8 Å². The Hall–Kier alpha value is -3.65. The summed E-state index contributed by atoms with van der Waals surface area (Å²) in [5, 5.41) is 12.9. The molecule has 2 N–H and O–H groups in total. The molecule has 3 atom stereocenters. The highest BCUT2D eigenvalue weighted by atomic mass is 19.4. The second kappa shape index (κ2) is 10.7. The van der Waals surface area contributed by atoms with Crippen LogP contribution >= 0.6 is 0 Å². The van der Waals surface area contributed by atoms with Gasteiger partial charge in [-0.25, -0.2) is 22.7 Å². The number of fused-ring (bicyclic) bond motifs is 1. The maximum absolute atomic E-state index is 13.9. The Balaban J connectivity index is 1.39. The van der Waals surface area contributed by atoms with Crippen molar-refractivity contribution in [2.24, 2.45) is 17.8 Å². The summed E-state index contributed by atoms with van der Waals surface area (Å²) in [6, 6.07) is 2.30. The van der Waals surface area contributed by atoms with E-state index in [1.165, 1.54) is 10.7 Å². The number of rotatable bonds is 7. The van der Waals surface area contributed by atoms with Crippen LogP contribution < -0.4 is 10.6 Å². The van der Waals surface area contributed by atoms with E-state index in [2.05, 4.69) is 25.9 Å². The second-order valence-electron chi connectivity index (χ2n) is 10.4. The Morgan fingerprint density at radius 1 is 1.25 bits per heavy atom. The van der Waals surface area contributed by atoms with E-state index in [0.717, 1.165) is 6.26 Å². The van der Waals surface area contributed by atoms with Crippen LogP contribution in [0.1, 0.15) is 65.6 Å². The van der Waals surface area contributed by atoms with Crippen LogP contribution in [-0.4, -0.2) is 50.2 Å². The van der Waals surface area contributed by atoms with Crippen LogP contribution in [0.25, 0.3) is 5.65 Å². The lowest BCUT2D eigenvalue weighted by Gasteiger charge is -2.33. The third-order valence-corrected chi connectivity index (χ3v) is 7.63. The van der Waals surface area contributed by atoms with E-state index in [1.807, 2.05) is 0 Å². The molecule has 15 heteroatoms. The van der Waals surface area contributed by atoms with Crippen LogP contribution in [0.15, 0.2) is 29.1 Å². The zero-order chi connectivity index (χ0) is 28.7. The van der Waals surface area contributed by atoms with E-state index >= 15 is 0 Å². The fraction of sp³-hybridized carbons (Fsp3) is 0.560. The fourth-order valence-corrected chi connectivity index (χ4v) is 5.37. The number of hydrogen-bond donors (Lipinski definition) is 2. The van der Waals surface area contributed by atoms with Crippen molar-refractivity contribution >= 4 is 17.5 Å². The molecule has 216 valence electrons. The molecule has 1 saturated heterocycles. The third kappa shape index (κ3) is 5.92. The number of alkyl halides is 6. The Labute approximate surface area is 223 Å². The van der Waals surface area contributed by atoms with Crippen LogP contribution in [0.5, 0.6) is 0 Å². The van der Waals surface area contributed by atoms with Gasteiger partial charge >= 0.3 is 6.18 Å². The lowest BCUT2D eigenvalue weighted by molar-refractivity contribution is -0.183. The number of halogens is 6. The van der Waals surface area contributed by atoms with Crippen molar-refractivity contribution in [3.05, 3.63) is 47.2 Å². The number of aromatic nitrogens is 4. The largest absolute Gasteiger partial charge is 0.393 e. The van der Waals surface area contributed by atoms with Gasteiger partial charge in [-0.3, -0.25) is 9.59 Å². The highest BCUT2D eigenvalue weighted by Crippen LogP contribution is 2.41. The molecule has 1 saturated carbocycles. The predicted octanol–water partition coefficient (Wildman–Crippen LogP) is 4.34. The van der Waals surface area contributed by atoms with E-state index in [-0.39, 0.29) is 49.8 Å². The zero-order valence-corrected chi connectivity index (χ0v) is 21.1. The van der Waals surface area contributed by atoms with Crippen molar-refractivity contribution < 1.29 is 40.5 Å². The molecule has 2 aliphatic rings. The third-order valence-electron chi connectivity index (χ3n) is 7.63. The number of imidazole rings is 1.